The Morgan fingerprint density at radius 2 is 1.96 bits per heavy atom. The van der Waals surface area contributed by atoms with Crippen molar-refractivity contribution in [3.63, 3.8) is 0 Å². The van der Waals surface area contributed by atoms with Gasteiger partial charge >= 0.3 is 0 Å². The topological polar surface area (TPSA) is 68.0 Å². The van der Waals surface area contributed by atoms with Crippen molar-refractivity contribution in [1.29, 1.82) is 0 Å². The summed E-state index contributed by atoms with van der Waals surface area (Å²) in [5, 5.41) is 7.23. The van der Waals surface area contributed by atoms with Crippen molar-refractivity contribution >= 4 is 5.91 Å². The minimum Gasteiger partial charge on any atom is -0.350 e. The molecule has 7 nitrogen and oxygen atoms in total. The predicted octanol–water partition coefficient (Wildman–Crippen LogP) is 1.58. The molecule has 0 fully saturated rings. The monoisotopic (exact) mass is 352 g/mol. The van der Waals surface area contributed by atoms with E-state index in [1.807, 2.05) is 59.7 Å². The third kappa shape index (κ3) is 4.18. The highest BCUT2D eigenvalue weighted by molar-refractivity contribution is 5.82. The Morgan fingerprint density at radius 3 is 2.54 bits per heavy atom. The number of likely N-dealkylation sites (N-methyl/N-ethyl adjacent to an activating group) is 1. The van der Waals surface area contributed by atoms with Crippen LogP contribution in [-0.4, -0.2) is 44.2 Å². The molecule has 0 radical (unpaired) electrons. The molecule has 7 heteroatoms. The first-order chi connectivity index (χ1) is 12.5. The summed E-state index contributed by atoms with van der Waals surface area (Å²) in [7, 11) is 5.67. The van der Waals surface area contributed by atoms with Gasteiger partial charge in [0.15, 0.2) is 0 Å². The number of hydrogen-bond donors (Lipinski definition) is 1. The first-order valence-electron chi connectivity index (χ1n) is 8.50. The minimum absolute atomic E-state index is 0.0424. The molecule has 1 aromatic carbocycles. The second-order valence-electron chi connectivity index (χ2n) is 6.53. The lowest BCUT2D eigenvalue weighted by molar-refractivity contribution is -0.126. The number of carbonyl (C=O) groups is 1. The van der Waals surface area contributed by atoms with Gasteiger partial charge in [0.25, 0.3) is 0 Å². The van der Waals surface area contributed by atoms with Gasteiger partial charge in [-0.25, -0.2) is 4.98 Å². The van der Waals surface area contributed by atoms with E-state index in [9.17, 15) is 4.79 Å². The van der Waals surface area contributed by atoms with E-state index >= 15 is 0 Å². The summed E-state index contributed by atoms with van der Waals surface area (Å²) in [5.74, 6) is -0.0424. The molecule has 3 rings (SSSR count). The summed E-state index contributed by atoms with van der Waals surface area (Å²) in [5.41, 5.74) is 3.09. The van der Waals surface area contributed by atoms with E-state index in [-0.39, 0.29) is 11.9 Å². The van der Waals surface area contributed by atoms with Gasteiger partial charge in [-0.15, -0.1) is 0 Å². The molecule has 0 aliphatic carbocycles. The Balaban J connectivity index is 1.60. The molecule has 0 bridgehead atoms. The van der Waals surface area contributed by atoms with Gasteiger partial charge in [0.1, 0.15) is 6.04 Å². The van der Waals surface area contributed by atoms with Gasteiger partial charge in [-0.05, 0) is 31.3 Å². The number of amides is 1. The van der Waals surface area contributed by atoms with E-state index in [2.05, 4.69) is 27.5 Å². The van der Waals surface area contributed by atoms with Crippen LogP contribution in [0.3, 0.4) is 0 Å². The number of imidazole rings is 1. The standard InChI is InChI=1S/C19H24N6O/c1-23(2)18(17-12-20-14-24(17)3)19(26)21-11-15-5-7-16(8-6-15)13-25-10-4-9-22-25/h4-10,12,14,18H,11,13H2,1-3H3,(H,21,26)/t18-/m0/s1. The van der Waals surface area contributed by atoms with Gasteiger partial charge < -0.3 is 9.88 Å². The van der Waals surface area contributed by atoms with Crippen LogP contribution in [0.5, 0.6) is 0 Å². The third-order valence-corrected chi connectivity index (χ3v) is 4.29. The Morgan fingerprint density at radius 1 is 1.23 bits per heavy atom. The molecule has 0 unspecified atom stereocenters. The number of hydrogen-bond acceptors (Lipinski definition) is 4. The smallest absolute Gasteiger partial charge is 0.243 e. The highest BCUT2D eigenvalue weighted by Crippen LogP contribution is 2.17. The summed E-state index contributed by atoms with van der Waals surface area (Å²) in [4.78, 5) is 18.7. The van der Waals surface area contributed by atoms with Gasteiger partial charge in [0.05, 0.1) is 24.8 Å². The Labute approximate surface area is 153 Å². The van der Waals surface area contributed by atoms with Crippen LogP contribution in [0, 0.1) is 0 Å². The molecule has 2 heterocycles. The fourth-order valence-electron chi connectivity index (χ4n) is 2.89. The summed E-state index contributed by atoms with van der Waals surface area (Å²) in [6.45, 7) is 1.23. The number of benzene rings is 1. The molecule has 1 amide bonds. The zero-order valence-electron chi connectivity index (χ0n) is 15.3. The van der Waals surface area contributed by atoms with Crippen LogP contribution in [-0.2, 0) is 24.9 Å². The average Bonchev–Trinajstić information content (AvgIpc) is 3.27. The van der Waals surface area contributed by atoms with E-state index < -0.39 is 0 Å². The number of nitrogens with one attached hydrogen (secondary N) is 1. The average molecular weight is 352 g/mol. The SMILES string of the molecule is CN(C)[C@H](C(=O)NCc1ccc(Cn2cccn2)cc1)c1cncn1C. The second-order valence-corrected chi connectivity index (χ2v) is 6.53. The van der Waals surface area contributed by atoms with Crippen LogP contribution in [0.4, 0.5) is 0 Å². The maximum Gasteiger partial charge on any atom is 0.243 e. The van der Waals surface area contributed by atoms with E-state index in [1.54, 1.807) is 18.7 Å². The van der Waals surface area contributed by atoms with Crippen molar-refractivity contribution in [2.45, 2.75) is 19.1 Å². The zero-order chi connectivity index (χ0) is 18.5. The molecule has 1 atom stereocenters. The van der Waals surface area contributed by atoms with Crippen molar-refractivity contribution in [2.75, 3.05) is 14.1 Å². The van der Waals surface area contributed by atoms with E-state index in [1.165, 1.54) is 5.56 Å². The summed E-state index contributed by atoms with van der Waals surface area (Å²) < 4.78 is 3.75. The van der Waals surface area contributed by atoms with E-state index in [4.69, 9.17) is 0 Å². The highest BCUT2D eigenvalue weighted by Gasteiger charge is 2.25. The van der Waals surface area contributed by atoms with Crippen molar-refractivity contribution < 1.29 is 4.79 Å². The number of aryl methyl sites for hydroxylation is 1. The molecule has 0 spiro atoms. The van der Waals surface area contributed by atoms with Crippen molar-refractivity contribution in [3.8, 4) is 0 Å². The fourth-order valence-corrected chi connectivity index (χ4v) is 2.89. The molecule has 136 valence electrons. The van der Waals surface area contributed by atoms with Crippen LogP contribution in [0.25, 0.3) is 0 Å². The van der Waals surface area contributed by atoms with Gasteiger partial charge in [0, 0.05) is 26.0 Å². The lowest BCUT2D eigenvalue weighted by atomic mass is 10.1. The number of nitrogens with zero attached hydrogens (tertiary/aromatic N) is 5. The van der Waals surface area contributed by atoms with Crippen molar-refractivity contribution in [1.82, 2.24) is 29.5 Å². The summed E-state index contributed by atoms with van der Waals surface area (Å²) >= 11 is 0. The van der Waals surface area contributed by atoms with E-state index in [0.29, 0.717) is 6.54 Å². The first kappa shape index (κ1) is 17.9. The molecule has 3 aromatic rings. The summed E-state index contributed by atoms with van der Waals surface area (Å²) in [6, 6.07) is 9.73. The number of aromatic nitrogens is 4. The Hall–Kier alpha value is -2.93. The lowest BCUT2D eigenvalue weighted by Gasteiger charge is -2.23. The second kappa shape index (κ2) is 7.97. The molecule has 2 aromatic heterocycles. The molecule has 1 N–H and O–H groups in total. The minimum atomic E-state index is -0.374. The van der Waals surface area contributed by atoms with Crippen LogP contribution < -0.4 is 5.32 Å². The zero-order valence-corrected chi connectivity index (χ0v) is 15.3. The molecule has 0 aliphatic rings. The number of rotatable bonds is 7. The third-order valence-electron chi connectivity index (χ3n) is 4.29. The normalized spacial score (nSPS) is 12.3. The van der Waals surface area contributed by atoms with Gasteiger partial charge in [0.2, 0.25) is 5.91 Å². The largest absolute Gasteiger partial charge is 0.350 e. The molecule has 0 saturated carbocycles. The van der Waals surface area contributed by atoms with Gasteiger partial charge in [-0.3, -0.25) is 14.4 Å². The van der Waals surface area contributed by atoms with E-state index in [0.717, 1.165) is 17.8 Å². The summed E-state index contributed by atoms with van der Waals surface area (Å²) in [6.07, 6.45) is 7.15. The fraction of sp³-hybridized carbons (Fsp3) is 0.316. The van der Waals surface area contributed by atoms with Crippen molar-refractivity contribution in [2.24, 2.45) is 7.05 Å². The molecule has 26 heavy (non-hydrogen) atoms. The first-order valence-corrected chi connectivity index (χ1v) is 8.50. The Bertz CT molecular complexity index is 835. The molecular formula is C19H24N6O. The van der Waals surface area contributed by atoms with Crippen LogP contribution >= 0.6 is 0 Å². The number of carbonyl (C=O) groups excluding carboxylic acids is 1. The predicted molar refractivity (Wildman–Crippen MR) is 99.3 cm³/mol. The van der Waals surface area contributed by atoms with Crippen molar-refractivity contribution in [3.05, 3.63) is 72.1 Å². The molecule has 0 aliphatic heterocycles. The van der Waals surface area contributed by atoms with Crippen LogP contribution in [0.15, 0.2) is 55.2 Å². The Kier molecular flexibility index (Phi) is 5.48. The molecule has 0 saturated heterocycles. The van der Waals surface area contributed by atoms with Crippen LogP contribution in [0.1, 0.15) is 22.9 Å². The highest BCUT2D eigenvalue weighted by atomic mass is 16.2. The maximum absolute atomic E-state index is 12.7. The quantitative estimate of drug-likeness (QED) is 0.701. The van der Waals surface area contributed by atoms with Crippen LogP contribution in [0.2, 0.25) is 0 Å². The van der Waals surface area contributed by atoms with Gasteiger partial charge in [-0.1, -0.05) is 24.3 Å². The lowest BCUT2D eigenvalue weighted by Crippen LogP contribution is -2.37. The maximum atomic E-state index is 12.7. The molecular weight excluding hydrogens is 328 g/mol. The van der Waals surface area contributed by atoms with Gasteiger partial charge in [-0.2, -0.15) is 5.10 Å².